The fourth-order valence-corrected chi connectivity index (χ4v) is 3.47. The molecule has 3 rings (SSSR count). The van der Waals surface area contributed by atoms with E-state index >= 15 is 0 Å². The van der Waals surface area contributed by atoms with Gasteiger partial charge in [0.1, 0.15) is 0 Å². The van der Waals surface area contributed by atoms with Crippen LogP contribution in [0.15, 0.2) is 53.5 Å². The van der Waals surface area contributed by atoms with Crippen LogP contribution in [0.1, 0.15) is 42.9 Å². The third kappa shape index (κ3) is 5.09. The van der Waals surface area contributed by atoms with Crippen molar-refractivity contribution in [3.63, 3.8) is 0 Å². The Kier molecular flexibility index (Phi) is 6.29. The van der Waals surface area contributed by atoms with E-state index in [1.54, 1.807) is 0 Å². The van der Waals surface area contributed by atoms with Gasteiger partial charge in [0.05, 0.1) is 6.54 Å². The second kappa shape index (κ2) is 8.86. The van der Waals surface area contributed by atoms with Crippen molar-refractivity contribution in [2.24, 2.45) is 10.7 Å². The van der Waals surface area contributed by atoms with Crippen LogP contribution in [-0.2, 0) is 13.1 Å². The van der Waals surface area contributed by atoms with Crippen LogP contribution in [0.4, 0.5) is 5.69 Å². The highest BCUT2D eigenvalue weighted by Gasteiger charge is 2.18. The van der Waals surface area contributed by atoms with Gasteiger partial charge in [0.2, 0.25) is 0 Å². The molecule has 1 atom stereocenters. The van der Waals surface area contributed by atoms with Crippen molar-refractivity contribution in [1.82, 2.24) is 4.90 Å². The minimum atomic E-state index is 0.454. The SMILES string of the molecule is Cc1ccc(NC(N)=NCc2ccccc2CN2CCCCC2C)cc1. The van der Waals surface area contributed by atoms with Crippen LogP contribution in [0.5, 0.6) is 0 Å². The average Bonchev–Trinajstić information content (AvgIpc) is 2.65. The van der Waals surface area contributed by atoms with E-state index in [2.05, 4.69) is 65.5 Å². The van der Waals surface area contributed by atoms with Crippen LogP contribution in [-0.4, -0.2) is 23.4 Å². The molecule has 26 heavy (non-hydrogen) atoms. The van der Waals surface area contributed by atoms with E-state index in [-0.39, 0.29) is 0 Å². The largest absolute Gasteiger partial charge is 0.370 e. The summed E-state index contributed by atoms with van der Waals surface area (Å²) in [7, 11) is 0. The number of aliphatic imine (C=N–C) groups is 1. The third-order valence-corrected chi connectivity index (χ3v) is 5.18. The van der Waals surface area contributed by atoms with E-state index in [1.165, 1.54) is 42.5 Å². The highest BCUT2D eigenvalue weighted by Crippen LogP contribution is 2.21. The summed E-state index contributed by atoms with van der Waals surface area (Å²) in [5, 5.41) is 3.16. The van der Waals surface area contributed by atoms with Crippen molar-refractivity contribution in [2.75, 3.05) is 11.9 Å². The molecule has 4 heteroatoms. The number of rotatable bonds is 5. The van der Waals surface area contributed by atoms with Crippen LogP contribution in [0.3, 0.4) is 0 Å². The zero-order chi connectivity index (χ0) is 18.4. The number of guanidine groups is 1. The Balaban J connectivity index is 1.64. The van der Waals surface area contributed by atoms with Gasteiger partial charge in [-0.1, -0.05) is 48.4 Å². The molecule has 0 radical (unpaired) electrons. The number of hydrogen-bond acceptors (Lipinski definition) is 2. The molecule has 3 N–H and O–H groups in total. The fraction of sp³-hybridized carbons (Fsp3) is 0.409. The van der Waals surface area contributed by atoms with Crippen LogP contribution in [0.2, 0.25) is 0 Å². The van der Waals surface area contributed by atoms with E-state index in [4.69, 9.17) is 5.73 Å². The Bertz CT molecular complexity index is 736. The predicted molar refractivity (Wildman–Crippen MR) is 110 cm³/mol. The van der Waals surface area contributed by atoms with E-state index in [9.17, 15) is 0 Å². The predicted octanol–water partition coefficient (Wildman–Crippen LogP) is 4.30. The van der Waals surface area contributed by atoms with Gasteiger partial charge in [-0.15, -0.1) is 0 Å². The number of likely N-dealkylation sites (tertiary alicyclic amines) is 1. The number of aryl methyl sites for hydroxylation is 1. The zero-order valence-electron chi connectivity index (χ0n) is 15.9. The molecule has 0 bridgehead atoms. The number of piperidine rings is 1. The number of nitrogens with zero attached hydrogens (tertiary/aromatic N) is 2. The summed E-state index contributed by atoms with van der Waals surface area (Å²) >= 11 is 0. The molecule has 1 fully saturated rings. The van der Waals surface area contributed by atoms with Crippen molar-refractivity contribution in [3.05, 3.63) is 65.2 Å². The van der Waals surface area contributed by atoms with Gasteiger partial charge in [0.25, 0.3) is 0 Å². The maximum absolute atomic E-state index is 6.08. The van der Waals surface area contributed by atoms with Gasteiger partial charge in [-0.25, -0.2) is 4.99 Å². The molecule has 0 aliphatic carbocycles. The van der Waals surface area contributed by atoms with Gasteiger partial charge >= 0.3 is 0 Å². The van der Waals surface area contributed by atoms with Crippen LogP contribution < -0.4 is 11.1 Å². The molecule has 2 aromatic carbocycles. The molecule has 0 amide bonds. The Labute approximate surface area is 157 Å². The van der Waals surface area contributed by atoms with E-state index < -0.39 is 0 Å². The Morgan fingerprint density at radius 2 is 1.85 bits per heavy atom. The molecule has 0 aromatic heterocycles. The summed E-state index contributed by atoms with van der Waals surface area (Å²) in [6.07, 6.45) is 3.95. The van der Waals surface area contributed by atoms with Crippen molar-refractivity contribution in [3.8, 4) is 0 Å². The fourth-order valence-electron chi connectivity index (χ4n) is 3.47. The number of nitrogens with one attached hydrogen (secondary N) is 1. The highest BCUT2D eigenvalue weighted by molar-refractivity contribution is 5.92. The zero-order valence-corrected chi connectivity index (χ0v) is 15.9. The average molecular weight is 351 g/mol. The monoisotopic (exact) mass is 350 g/mol. The number of benzene rings is 2. The summed E-state index contributed by atoms with van der Waals surface area (Å²) in [6.45, 7) is 7.20. The molecule has 1 saturated heterocycles. The molecule has 1 aliphatic heterocycles. The van der Waals surface area contributed by atoms with Crippen LogP contribution >= 0.6 is 0 Å². The number of hydrogen-bond donors (Lipinski definition) is 2. The summed E-state index contributed by atoms with van der Waals surface area (Å²) in [5.41, 5.74) is 10.9. The van der Waals surface area contributed by atoms with Crippen molar-refractivity contribution in [1.29, 1.82) is 0 Å². The van der Waals surface area contributed by atoms with Gasteiger partial charge in [-0.2, -0.15) is 0 Å². The second-order valence-electron chi connectivity index (χ2n) is 7.28. The van der Waals surface area contributed by atoms with Gasteiger partial charge in [-0.05, 0) is 56.5 Å². The molecule has 1 unspecified atom stereocenters. The maximum atomic E-state index is 6.08. The summed E-state index contributed by atoms with van der Waals surface area (Å²) in [6, 6.07) is 17.4. The quantitative estimate of drug-likeness (QED) is 0.624. The highest BCUT2D eigenvalue weighted by atomic mass is 15.2. The first-order chi connectivity index (χ1) is 12.6. The molecule has 138 valence electrons. The maximum Gasteiger partial charge on any atom is 0.193 e. The third-order valence-electron chi connectivity index (χ3n) is 5.18. The first-order valence-electron chi connectivity index (χ1n) is 9.56. The number of anilines is 1. The molecule has 1 heterocycles. The summed E-state index contributed by atoms with van der Waals surface area (Å²) < 4.78 is 0. The lowest BCUT2D eigenvalue weighted by molar-refractivity contribution is 0.152. The first-order valence-corrected chi connectivity index (χ1v) is 9.56. The normalized spacial score (nSPS) is 18.7. The topological polar surface area (TPSA) is 53.6 Å². The van der Waals surface area contributed by atoms with Gasteiger partial charge < -0.3 is 11.1 Å². The molecule has 0 spiro atoms. The van der Waals surface area contributed by atoms with Crippen LogP contribution in [0.25, 0.3) is 0 Å². The Morgan fingerprint density at radius 3 is 2.58 bits per heavy atom. The Hall–Kier alpha value is -2.33. The molecular weight excluding hydrogens is 320 g/mol. The van der Waals surface area contributed by atoms with Gasteiger partial charge in [-0.3, -0.25) is 4.90 Å². The molecular formula is C22H30N4. The van der Waals surface area contributed by atoms with Gasteiger partial charge in [0, 0.05) is 18.3 Å². The molecule has 1 aliphatic rings. The first kappa shape index (κ1) is 18.5. The second-order valence-corrected chi connectivity index (χ2v) is 7.28. The van der Waals surface area contributed by atoms with Crippen molar-refractivity contribution in [2.45, 2.75) is 52.2 Å². The molecule has 4 nitrogen and oxygen atoms in total. The lowest BCUT2D eigenvalue weighted by atomic mass is 10.0. The van der Waals surface area contributed by atoms with E-state index in [1.807, 2.05) is 12.1 Å². The summed E-state index contributed by atoms with van der Waals surface area (Å²) in [5.74, 6) is 0.454. The lowest BCUT2D eigenvalue weighted by Gasteiger charge is -2.33. The number of nitrogens with two attached hydrogens (primary N) is 1. The lowest BCUT2D eigenvalue weighted by Crippen LogP contribution is -2.37. The minimum Gasteiger partial charge on any atom is -0.370 e. The van der Waals surface area contributed by atoms with E-state index in [0.717, 1.165) is 12.2 Å². The van der Waals surface area contributed by atoms with Crippen LogP contribution in [0, 0.1) is 6.92 Å². The molecule has 2 aromatic rings. The Morgan fingerprint density at radius 1 is 1.12 bits per heavy atom. The van der Waals surface area contributed by atoms with E-state index in [0.29, 0.717) is 18.5 Å². The minimum absolute atomic E-state index is 0.454. The van der Waals surface area contributed by atoms with Gasteiger partial charge in [0.15, 0.2) is 5.96 Å². The summed E-state index contributed by atoms with van der Waals surface area (Å²) in [4.78, 5) is 7.13. The smallest absolute Gasteiger partial charge is 0.193 e. The molecule has 0 saturated carbocycles. The van der Waals surface area contributed by atoms with Crippen molar-refractivity contribution < 1.29 is 0 Å². The van der Waals surface area contributed by atoms with Crippen molar-refractivity contribution >= 4 is 11.6 Å². The standard InChI is InChI=1S/C22H30N4/c1-17-10-12-21(13-11-17)25-22(23)24-15-19-8-3-4-9-20(19)16-26-14-6-5-7-18(26)2/h3-4,8-13,18H,5-7,14-16H2,1-2H3,(H3,23,24,25).